The van der Waals surface area contributed by atoms with Crippen LogP contribution < -0.4 is 0 Å². The van der Waals surface area contributed by atoms with E-state index in [0.717, 1.165) is 11.4 Å². The van der Waals surface area contributed by atoms with Crippen LogP contribution in [0.3, 0.4) is 0 Å². The number of H-pyrrole nitrogens is 1. The lowest BCUT2D eigenvalue weighted by molar-refractivity contribution is 0.142. The summed E-state index contributed by atoms with van der Waals surface area (Å²) in [5.74, 6) is 0.775. The number of hydrogen-bond acceptors (Lipinski definition) is 5. The van der Waals surface area contributed by atoms with E-state index in [-0.39, 0.29) is 10.9 Å². The van der Waals surface area contributed by atoms with Crippen LogP contribution in [-0.2, 0) is 16.6 Å². The molecular weight excluding hydrogens is 364 g/mol. The molecule has 1 unspecified atom stereocenters. The lowest BCUT2D eigenvalue weighted by Crippen LogP contribution is -2.49. The predicted molar refractivity (Wildman–Crippen MR) is 100 cm³/mol. The van der Waals surface area contributed by atoms with E-state index in [1.165, 1.54) is 10.5 Å². The van der Waals surface area contributed by atoms with E-state index < -0.39 is 10.0 Å². The van der Waals surface area contributed by atoms with Gasteiger partial charge >= 0.3 is 0 Å². The molecule has 8 nitrogen and oxygen atoms in total. The third-order valence-electron chi connectivity index (χ3n) is 4.88. The van der Waals surface area contributed by atoms with Crippen LogP contribution in [0.4, 0.5) is 0 Å². The van der Waals surface area contributed by atoms with E-state index >= 15 is 0 Å². The summed E-state index contributed by atoms with van der Waals surface area (Å²) in [6.07, 6.45) is 6.47. The molecule has 1 aliphatic rings. The molecule has 0 amide bonds. The SMILES string of the molecule is CN1CCN(S(=O)(=O)c2cnn(Cc3ccccc3)c2)CC1c1ncc[nH]1. The monoisotopic (exact) mass is 386 g/mol. The second-order valence-electron chi connectivity index (χ2n) is 6.69. The predicted octanol–water partition coefficient (Wildman–Crippen LogP) is 1.33. The molecule has 4 rings (SSSR count). The summed E-state index contributed by atoms with van der Waals surface area (Å²) in [4.78, 5) is 9.72. The van der Waals surface area contributed by atoms with Crippen molar-refractivity contribution in [3.05, 3.63) is 66.5 Å². The number of imidazole rings is 1. The zero-order chi connectivity index (χ0) is 18.9. The fourth-order valence-corrected chi connectivity index (χ4v) is 4.70. The first kappa shape index (κ1) is 17.9. The van der Waals surface area contributed by atoms with Gasteiger partial charge in [-0.2, -0.15) is 9.40 Å². The van der Waals surface area contributed by atoms with Crippen molar-refractivity contribution in [2.24, 2.45) is 0 Å². The Balaban J connectivity index is 1.53. The van der Waals surface area contributed by atoms with Crippen molar-refractivity contribution in [1.82, 2.24) is 29.0 Å². The molecule has 3 heterocycles. The molecule has 9 heteroatoms. The Bertz CT molecular complexity index is 984. The van der Waals surface area contributed by atoms with Crippen molar-refractivity contribution >= 4 is 10.0 Å². The Kier molecular flexibility index (Phi) is 4.81. The number of nitrogens with zero attached hydrogens (tertiary/aromatic N) is 5. The topological polar surface area (TPSA) is 87.1 Å². The second kappa shape index (κ2) is 7.26. The zero-order valence-electron chi connectivity index (χ0n) is 15.1. The van der Waals surface area contributed by atoms with Gasteiger partial charge < -0.3 is 4.98 Å². The first-order valence-electron chi connectivity index (χ1n) is 8.80. The maximum Gasteiger partial charge on any atom is 0.246 e. The minimum Gasteiger partial charge on any atom is -0.347 e. The number of aromatic amines is 1. The summed E-state index contributed by atoms with van der Waals surface area (Å²) in [6.45, 7) is 1.98. The lowest BCUT2D eigenvalue weighted by Gasteiger charge is -2.37. The average Bonchev–Trinajstić information content (AvgIpc) is 3.35. The summed E-state index contributed by atoms with van der Waals surface area (Å²) in [7, 11) is -1.62. The Labute approximate surface area is 158 Å². The van der Waals surface area contributed by atoms with Gasteiger partial charge in [-0.1, -0.05) is 30.3 Å². The highest BCUT2D eigenvalue weighted by Crippen LogP contribution is 2.25. The number of hydrogen-bond donors (Lipinski definition) is 1. The number of sulfonamides is 1. The van der Waals surface area contributed by atoms with Crippen LogP contribution in [0, 0.1) is 0 Å². The minimum absolute atomic E-state index is 0.0945. The number of likely N-dealkylation sites (N-methyl/N-ethyl adjacent to an activating group) is 1. The first-order valence-corrected chi connectivity index (χ1v) is 10.2. The average molecular weight is 386 g/mol. The van der Waals surface area contributed by atoms with Crippen molar-refractivity contribution in [1.29, 1.82) is 0 Å². The summed E-state index contributed by atoms with van der Waals surface area (Å²) >= 11 is 0. The highest BCUT2D eigenvalue weighted by Gasteiger charge is 2.35. The summed E-state index contributed by atoms with van der Waals surface area (Å²) in [5.41, 5.74) is 1.07. The molecule has 1 aliphatic heterocycles. The van der Waals surface area contributed by atoms with E-state index in [2.05, 4.69) is 20.0 Å². The molecule has 0 bridgehead atoms. The standard InChI is InChI=1S/C18H22N6O2S/c1-22-9-10-24(14-17(22)18-19-7-8-20-18)27(25,26)16-11-21-23(13-16)12-15-5-3-2-4-6-15/h2-8,11,13,17H,9-10,12,14H2,1H3,(H,19,20). The summed E-state index contributed by atoms with van der Waals surface area (Å²) < 4.78 is 29.4. The normalized spacial score (nSPS) is 19.4. The van der Waals surface area contributed by atoms with Crippen molar-refractivity contribution in [2.75, 3.05) is 26.7 Å². The molecule has 1 aromatic carbocycles. The molecule has 1 saturated heterocycles. The summed E-state index contributed by atoms with van der Waals surface area (Å²) in [5, 5.41) is 4.24. The van der Waals surface area contributed by atoms with Gasteiger partial charge in [0.2, 0.25) is 10.0 Å². The van der Waals surface area contributed by atoms with Crippen molar-refractivity contribution in [2.45, 2.75) is 17.5 Å². The van der Waals surface area contributed by atoms with Crippen LogP contribution in [0.15, 0.2) is 60.0 Å². The number of aromatic nitrogens is 4. The molecule has 0 saturated carbocycles. The number of piperazine rings is 1. The highest BCUT2D eigenvalue weighted by atomic mass is 32.2. The Morgan fingerprint density at radius 1 is 1.22 bits per heavy atom. The van der Waals surface area contributed by atoms with Crippen LogP contribution in [0.25, 0.3) is 0 Å². The van der Waals surface area contributed by atoms with Gasteiger partial charge in [0.05, 0.1) is 18.8 Å². The largest absolute Gasteiger partial charge is 0.347 e. The second-order valence-corrected chi connectivity index (χ2v) is 8.63. The van der Waals surface area contributed by atoms with Gasteiger partial charge in [-0.15, -0.1) is 0 Å². The smallest absolute Gasteiger partial charge is 0.246 e. The molecule has 1 atom stereocenters. The van der Waals surface area contributed by atoms with Crippen LogP contribution in [0.5, 0.6) is 0 Å². The van der Waals surface area contributed by atoms with E-state index in [9.17, 15) is 8.42 Å². The fourth-order valence-electron chi connectivity index (χ4n) is 3.31. The lowest BCUT2D eigenvalue weighted by atomic mass is 10.2. The molecule has 1 fully saturated rings. The van der Waals surface area contributed by atoms with Crippen LogP contribution in [-0.4, -0.2) is 64.1 Å². The van der Waals surface area contributed by atoms with Gasteiger partial charge in [0, 0.05) is 38.2 Å². The van der Waals surface area contributed by atoms with Crippen molar-refractivity contribution in [3.8, 4) is 0 Å². The van der Waals surface area contributed by atoms with Crippen molar-refractivity contribution < 1.29 is 8.42 Å². The molecular formula is C18H22N6O2S. The van der Waals surface area contributed by atoms with Gasteiger partial charge in [-0.05, 0) is 12.6 Å². The third-order valence-corrected chi connectivity index (χ3v) is 6.70. The van der Waals surface area contributed by atoms with E-state index in [0.29, 0.717) is 26.2 Å². The van der Waals surface area contributed by atoms with E-state index in [4.69, 9.17) is 0 Å². The molecule has 0 radical (unpaired) electrons. The number of nitrogens with one attached hydrogen (secondary N) is 1. The number of rotatable bonds is 5. The molecule has 0 aliphatic carbocycles. The van der Waals surface area contributed by atoms with Gasteiger partial charge in [-0.25, -0.2) is 13.4 Å². The maximum atomic E-state index is 13.1. The summed E-state index contributed by atoms with van der Waals surface area (Å²) in [6, 6.07) is 9.74. The molecule has 3 aromatic rings. The van der Waals surface area contributed by atoms with Gasteiger partial charge in [-0.3, -0.25) is 9.58 Å². The quantitative estimate of drug-likeness (QED) is 0.715. The third kappa shape index (κ3) is 3.66. The van der Waals surface area contributed by atoms with E-state index in [1.54, 1.807) is 23.3 Å². The van der Waals surface area contributed by atoms with Gasteiger partial charge in [0.1, 0.15) is 10.7 Å². The maximum absolute atomic E-state index is 13.1. The number of benzene rings is 1. The van der Waals surface area contributed by atoms with Crippen LogP contribution >= 0.6 is 0 Å². The van der Waals surface area contributed by atoms with Crippen LogP contribution in [0.1, 0.15) is 17.4 Å². The first-order chi connectivity index (χ1) is 13.0. The molecule has 1 N–H and O–H groups in total. The van der Waals surface area contributed by atoms with E-state index in [1.807, 2.05) is 37.4 Å². The Morgan fingerprint density at radius 2 is 2.04 bits per heavy atom. The molecule has 2 aromatic heterocycles. The Hall–Kier alpha value is -2.49. The minimum atomic E-state index is -3.60. The van der Waals surface area contributed by atoms with Gasteiger partial charge in [0.25, 0.3) is 0 Å². The highest BCUT2D eigenvalue weighted by molar-refractivity contribution is 7.89. The van der Waals surface area contributed by atoms with Gasteiger partial charge in [0.15, 0.2) is 0 Å². The van der Waals surface area contributed by atoms with Crippen molar-refractivity contribution in [3.63, 3.8) is 0 Å². The zero-order valence-corrected chi connectivity index (χ0v) is 15.9. The molecule has 27 heavy (non-hydrogen) atoms. The Morgan fingerprint density at radius 3 is 2.78 bits per heavy atom. The molecule has 142 valence electrons. The fraction of sp³-hybridized carbons (Fsp3) is 0.333. The van der Waals surface area contributed by atoms with Crippen LogP contribution in [0.2, 0.25) is 0 Å². The molecule has 0 spiro atoms.